The molecule has 0 aliphatic carbocycles. The highest BCUT2D eigenvalue weighted by Gasteiger charge is 2.11. The fraction of sp³-hybridized carbons (Fsp3) is 0.200. The first-order valence-corrected chi connectivity index (χ1v) is 2.60. The second-order valence-electron chi connectivity index (χ2n) is 1.86. The van der Waals surface area contributed by atoms with E-state index in [4.69, 9.17) is 5.73 Å². The summed E-state index contributed by atoms with van der Waals surface area (Å²) in [6.07, 6.45) is 1.08. The molecule has 0 unspecified atom stereocenters. The number of hydrogen-bond acceptors (Lipinski definition) is 2. The van der Waals surface area contributed by atoms with E-state index < -0.39 is 11.7 Å². The fourth-order valence-electron chi connectivity index (χ4n) is 0.627. The second kappa shape index (κ2) is 2.09. The van der Waals surface area contributed by atoms with Crippen LogP contribution in [0.1, 0.15) is 10.5 Å². The second-order valence-corrected chi connectivity index (χ2v) is 1.86. The van der Waals surface area contributed by atoms with Crippen molar-refractivity contribution >= 4 is 5.91 Å². The number of rotatable bonds is 1. The van der Waals surface area contributed by atoms with Gasteiger partial charge in [-0.25, -0.2) is 4.39 Å². The minimum atomic E-state index is -0.849. The third-order valence-corrected chi connectivity index (χ3v) is 1.02. The molecule has 0 saturated carbocycles. The van der Waals surface area contributed by atoms with Crippen LogP contribution in [-0.4, -0.2) is 15.7 Å². The number of carbonyl (C=O) groups excluding carboxylic acids is 1. The van der Waals surface area contributed by atoms with Crippen LogP contribution in [0.2, 0.25) is 0 Å². The van der Waals surface area contributed by atoms with Gasteiger partial charge < -0.3 is 5.73 Å². The van der Waals surface area contributed by atoms with Crippen LogP contribution in [0.4, 0.5) is 4.39 Å². The van der Waals surface area contributed by atoms with Crippen molar-refractivity contribution < 1.29 is 9.18 Å². The monoisotopic (exact) mass is 143 g/mol. The molecule has 0 aliphatic heterocycles. The SMILES string of the molecule is Cn1cc(F)c(C(N)=O)n1. The molecule has 1 aromatic rings. The van der Waals surface area contributed by atoms with Crippen molar-refractivity contribution in [2.75, 3.05) is 0 Å². The number of primary amides is 1. The quantitative estimate of drug-likeness (QED) is 0.584. The molecular formula is C5H6FN3O. The van der Waals surface area contributed by atoms with Gasteiger partial charge >= 0.3 is 0 Å². The van der Waals surface area contributed by atoms with E-state index in [0.717, 1.165) is 6.20 Å². The number of halogens is 1. The zero-order valence-corrected chi connectivity index (χ0v) is 5.34. The first kappa shape index (κ1) is 6.73. The molecule has 1 rings (SSSR count). The molecule has 0 spiro atoms. The molecule has 0 bridgehead atoms. The van der Waals surface area contributed by atoms with Crippen LogP contribution in [0.5, 0.6) is 0 Å². The van der Waals surface area contributed by atoms with Crippen LogP contribution in [0.25, 0.3) is 0 Å². The molecule has 0 fully saturated rings. The van der Waals surface area contributed by atoms with Crippen LogP contribution < -0.4 is 5.73 Å². The van der Waals surface area contributed by atoms with Gasteiger partial charge in [-0.3, -0.25) is 9.48 Å². The molecule has 1 aromatic heterocycles. The summed E-state index contributed by atoms with van der Waals surface area (Å²) in [6, 6.07) is 0. The first-order chi connectivity index (χ1) is 4.61. The highest BCUT2D eigenvalue weighted by Crippen LogP contribution is 2.00. The Kier molecular flexibility index (Phi) is 1.41. The topological polar surface area (TPSA) is 60.9 Å². The summed E-state index contributed by atoms with van der Waals surface area (Å²) < 4.78 is 13.7. The number of carbonyl (C=O) groups is 1. The number of amides is 1. The van der Waals surface area contributed by atoms with Crippen molar-refractivity contribution in [3.05, 3.63) is 17.7 Å². The maximum Gasteiger partial charge on any atom is 0.272 e. The Hall–Kier alpha value is -1.39. The fourth-order valence-corrected chi connectivity index (χ4v) is 0.627. The zero-order valence-electron chi connectivity index (χ0n) is 5.34. The molecule has 10 heavy (non-hydrogen) atoms. The predicted molar refractivity (Wildman–Crippen MR) is 31.7 cm³/mol. The number of nitrogens with two attached hydrogens (primary N) is 1. The number of aromatic nitrogens is 2. The molecule has 54 valence electrons. The molecule has 1 heterocycles. The first-order valence-electron chi connectivity index (χ1n) is 2.60. The average molecular weight is 143 g/mol. The Bertz CT molecular complexity index is 268. The molecule has 0 radical (unpaired) electrons. The lowest BCUT2D eigenvalue weighted by Gasteiger charge is -1.84. The third-order valence-electron chi connectivity index (χ3n) is 1.02. The van der Waals surface area contributed by atoms with E-state index in [1.54, 1.807) is 0 Å². The van der Waals surface area contributed by atoms with Gasteiger partial charge in [0, 0.05) is 7.05 Å². The van der Waals surface area contributed by atoms with Crippen LogP contribution in [0.3, 0.4) is 0 Å². The van der Waals surface area contributed by atoms with Crippen molar-refractivity contribution in [3.63, 3.8) is 0 Å². The van der Waals surface area contributed by atoms with E-state index in [1.807, 2.05) is 0 Å². The molecular weight excluding hydrogens is 137 g/mol. The number of hydrogen-bond donors (Lipinski definition) is 1. The minimum absolute atomic E-state index is 0.317. The average Bonchev–Trinajstić information content (AvgIpc) is 2.10. The Morgan fingerprint density at radius 1 is 1.90 bits per heavy atom. The number of aryl methyl sites for hydroxylation is 1. The Morgan fingerprint density at radius 2 is 2.50 bits per heavy atom. The standard InChI is InChI=1S/C5H6FN3O/c1-9-2-3(6)4(8-9)5(7)10/h2H,1H3,(H2,7,10). The Labute approximate surface area is 56.4 Å². The molecule has 0 aromatic carbocycles. The van der Waals surface area contributed by atoms with E-state index in [-0.39, 0.29) is 5.69 Å². The highest BCUT2D eigenvalue weighted by atomic mass is 19.1. The van der Waals surface area contributed by atoms with Crippen LogP contribution in [0.15, 0.2) is 6.20 Å². The molecule has 0 aliphatic rings. The zero-order chi connectivity index (χ0) is 7.72. The lowest BCUT2D eigenvalue weighted by Crippen LogP contribution is -2.13. The van der Waals surface area contributed by atoms with Gasteiger partial charge in [-0.05, 0) is 0 Å². The summed E-state index contributed by atoms with van der Waals surface area (Å²) >= 11 is 0. The van der Waals surface area contributed by atoms with E-state index in [2.05, 4.69) is 5.10 Å². The van der Waals surface area contributed by atoms with Crippen molar-refractivity contribution in [1.29, 1.82) is 0 Å². The van der Waals surface area contributed by atoms with E-state index in [9.17, 15) is 9.18 Å². The predicted octanol–water partition coefficient (Wildman–Crippen LogP) is -0.342. The van der Waals surface area contributed by atoms with Gasteiger partial charge in [0.05, 0.1) is 6.20 Å². The maximum absolute atomic E-state index is 12.5. The molecule has 0 atom stereocenters. The van der Waals surface area contributed by atoms with Gasteiger partial charge in [0.15, 0.2) is 11.5 Å². The lowest BCUT2D eigenvalue weighted by molar-refractivity contribution is 0.0991. The summed E-state index contributed by atoms with van der Waals surface area (Å²) in [6.45, 7) is 0. The largest absolute Gasteiger partial charge is 0.364 e. The highest BCUT2D eigenvalue weighted by molar-refractivity contribution is 5.90. The molecule has 1 amide bonds. The third kappa shape index (κ3) is 0.975. The van der Waals surface area contributed by atoms with Gasteiger partial charge in [-0.1, -0.05) is 0 Å². The van der Waals surface area contributed by atoms with Gasteiger partial charge in [0.2, 0.25) is 0 Å². The number of nitrogens with zero attached hydrogens (tertiary/aromatic N) is 2. The lowest BCUT2D eigenvalue weighted by atomic mass is 10.4. The van der Waals surface area contributed by atoms with Crippen molar-refractivity contribution in [1.82, 2.24) is 9.78 Å². The maximum atomic E-state index is 12.5. The summed E-state index contributed by atoms with van der Waals surface area (Å²) in [5.41, 5.74) is 4.46. The van der Waals surface area contributed by atoms with E-state index in [0.29, 0.717) is 0 Å². The normalized spacial score (nSPS) is 9.80. The Balaban J connectivity index is 3.15. The summed E-state index contributed by atoms with van der Waals surface area (Å²) in [5.74, 6) is -1.53. The van der Waals surface area contributed by atoms with Gasteiger partial charge in [-0.15, -0.1) is 0 Å². The van der Waals surface area contributed by atoms with Gasteiger partial charge in [0.1, 0.15) is 0 Å². The minimum Gasteiger partial charge on any atom is -0.364 e. The molecule has 0 saturated heterocycles. The summed E-state index contributed by atoms with van der Waals surface area (Å²) in [4.78, 5) is 10.3. The molecule has 4 nitrogen and oxygen atoms in total. The summed E-state index contributed by atoms with van der Waals surface area (Å²) in [7, 11) is 1.51. The van der Waals surface area contributed by atoms with Crippen LogP contribution in [-0.2, 0) is 7.05 Å². The smallest absolute Gasteiger partial charge is 0.272 e. The summed E-state index contributed by atoms with van der Waals surface area (Å²) in [5, 5.41) is 3.48. The van der Waals surface area contributed by atoms with Crippen LogP contribution in [0, 0.1) is 5.82 Å². The van der Waals surface area contributed by atoms with E-state index in [1.165, 1.54) is 11.7 Å². The van der Waals surface area contributed by atoms with Gasteiger partial charge in [0.25, 0.3) is 5.91 Å². The van der Waals surface area contributed by atoms with Gasteiger partial charge in [-0.2, -0.15) is 5.10 Å². The van der Waals surface area contributed by atoms with Crippen LogP contribution >= 0.6 is 0 Å². The molecule has 5 heteroatoms. The van der Waals surface area contributed by atoms with Crippen molar-refractivity contribution in [3.8, 4) is 0 Å². The van der Waals surface area contributed by atoms with Crippen molar-refractivity contribution in [2.24, 2.45) is 12.8 Å². The Morgan fingerprint density at radius 3 is 2.70 bits per heavy atom. The van der Waals surface area contributed by atoms with Crippen molar-refractivity contribution in [2.45, 2.75) is 0 Å². The molecule has 2 N–H and O–H groups in total. The van der Waals surface area contributed by atoms with E-state index >= 15 is 0 Å².